The van der Waals surface area contributed by atoms with Gasteiger partial charge in [0.15, 0.2) is 0 Å². The fourth-order valence-electron chi connectivity index (χ4n) is 2.10. The van der Waals surface area contributed by atoms with Gasteiger partial charge in [-0.05, 0) is 30.5 Å². The third-order valence-electron chi connectivity index (χ3n) is 3.46. The zero-order valence-corrected chi connectivity index (χ0v) is 12.4. The molecule has 1 aromatic rings. The van der Waals surface area contributed by atoms with Crippen molar-refractivity contribution in [1.82, 2.24) is 5.32 Å². The van der Waals surface area contributed by atoms with Gasteiger partial charge in [0.2, 0.25) is 15.9 Å². The van der Waals surface area contributed by atoms with Crippen LogP contribution in [0.15, 0.2) is 29.2 Å². The number of carbonyl (C=O) groups excluding carboxylic acids is 1. The zero-order chi connectivity index (χ0) is 15.5. The van der Waals surface area contributed by atoms with E-state index in [0.29, 0.717) is 26.0 Å². The van der Waals surface area contributed by atoms with Gasteiger partial charge in [0, 0.05) is 13.2 Å². The van der Waals surface area contributed by atoms with E-state index in [1.165, 1.54) is 12.1 Å². The lowest BCUT2D eigenvalue weighted by Gasteiger charge is -2.20. The van der Waals surface area contributed by atoms with Crippen molar-refractivity contribution in [2.75, 3.05) is 19.8 Å². The molecule has 21 heavy (non-hydrogen) atoms. The Kier molecular flexibility index (Phi) is 4.62. The summed E-state index contributed by atoms with van der Waals surface area (Å²) in [5.41, 5.74) is 5.90. The van der Waals surface area contributed by atoms with E-state index in [2.05, 4.69) is 5.32 Å². The molecule has 1 amide bonds. The standard InChI is InChI=1S/C13H19N3O4S/c14-13(6-8-20-9-13)12(17)16-7-5-10-1-3-11(4-2-10)21(15,18)19/h1-4H,5-9,14H2,(H,16,17)(H2,15,18,19). The summed E-state index contributed by atoms with van der Waals surface area (Å²) >= 11 is 0. The second-order valence-electron chi connectivity index (χ2n) is 5.15. The van der Waals surface area contributed by atoms with Crippen LogP contribution in [-0.2, 0) is 26.0 Å². The van der Waals surface area contributed by atoms with Gasteiger partial charge < -0.3 is 15.8 Å². The molecule has 1 aromatic carbocycles. The molecule has 116 valence electrons. The molecule has 5 N–H and O–H groups in total. The highest BCUT2D eigenvalue weighted by molar-refractivity contribution is 7.89. The number of primary sulfonamides is 1. The van der Waals surface area contributed by atoms with Crippen molar-refractivity contribution >= 4 is 15.9 Å². The Bertz CT molecular complexity index is 607. The van der Waals surface area contributed by atoms with Crippen LogP contribution in [-0.4, -0.2) is 39.6 Å². The summed E-state index contributed by atoms with van der Waals surface area (Å²) in [5.74, 6) is -0.221. The maximum Gasteiger partial charge on any atom is 0.242 e. The van der Waals surface area contributed by atoms with Gasteiger partial charge in [-0.15, -0.1) is 0 Å². The fourth-order valence-corrected chi connectivity index (χ4v) is 2.62. The molecule has 0 aromatic heterocycles. The first kappa shape index (κ1) is 15.9. The Morgan fingerprint density at radius 1 is 1.33 bits per heavy atom. The molecule has 8 heteroatoms. The smallest absolute Gasteiger partial charge is 0.242 e. The Balaban J connectivity index is 1.85. The number of carbonyl (C=O) groups is 1. The maximum atomic E-state index is 11.9. The minimum Gasteiger partial charge on any atom is -0.379 e. The summed E-state index contributed by atoms with van der Waals surface area (Å²) in [5, 5.41) is 7.79. The average Bonchev–Trinajstić information content (AvgIpc) is 2.86. The van der Waals surface area contributed by atoms with Crippen LogP contribution in [0.5, 0.6) is 0 Å². The molecule has 1 unspecified atom stereocenters. The molecular weight excluding hydrogens is 294 g/mol. The Morgan fingerprint density at radius 3 is 2.52 bits per heavy atom. The molecule has 1 aliphatic heterocycles. The fraction of sp³-hybridized carbons (Fsp3) is 0.462. The molecule has 0 saturated carbocycles. The molecule has 0 bridgehead atoms. The second-order valence-corrected chi connectivity index (χ2v) is 6.72. The normalized spacial score (nSPS) is 22.2. The second kappa shape index (κ2) is 6.10. The first-order valence-electron chi connectivity index (χ1n) is 6.58. The molecule has 0 aliphatic carbocycles. The van der Waals surface area contributed by atoms with Crippen molar-refractivity contribution < 1.29 is 17.9 Å². The summed E-state index contributed by atoms with van der Waals surface area (Å²) < 4.78 is 27.4. The number of ether oxygens (including phenoxy) is 1. The van der Waals surface area contributed by atoms with Crippen LogP contribution >= 0.6 is 0 Å². The van der Waals surface area contributed by atoms with E-state index in [-0.39, 0.29) is 17.4 Å². The number of hydrogen-bond acceptors (Lipinski definition) is 5. The quantitative estimate of drug-likeness (QED) is 0.650. The SMILES string of the molecule is NC1(C(=O)NCCc2ccc(S(N)(=O)=O)cc2)CCOC1. The summed E-state index contributed by atoms with van der Waals surface area (Å²) in [4.78, 5) is 12.0. The predicted octanol–water partition coefficient (Wildman–Crippen LogP) is -0.889. The van der Waals surface area contributed by atoms with E-state index in [9.17, 15) is 13.2 Å². The lowest BCUT2D eigenvalue weighted by molar-refractivity contribution is -0.126. The van der Waals surface area contributed by atoms with Crippen LogP contribution in [0.1, 0.15) is 12.0 Å². The minimum atomic E-state index is -3.67. The summed E-state index contributed by atoms with van der Waals surface area (Å²) in [6, 6.07) is 6.23. The van der Waals surface area contributed by atoms with Gasteiger partial charge in [0.05, 0.1) is 11.5 Å². The van der Waals surface area contributed by atoms with Crippen molar-refractivity contribution in [3.05, 3.63) is 29.8 Å². The van der Waals surface area contributed by atoms with Gasteiger partial charge >= 0.3 is 0 Å². The Labute approximate surface area is 123 Å². The van der Waals surface area contributed by atoms with E-state index in [1.807, 2.05) is 0 Å². The molecule has 2 rings (SSSR count). The number of benzene rings is 1. The molecule has 1 fully saturated rings. The van der Waals surface area contributed by atoms with Gasteiger partial charge in [0.25, 0.3) is 0 Å². The van der Waals surface area contributed by atoms with Gasteiger partial charge in [-0.25, -0.2) is 13.6 Å². The minimum absolute atomic E-state index is 0.0688. The first-order valence-corrected chi connectivity index (χ1v) is 8.13. The third kappa shape index (κ3) is 4.01. The molecule has 0 radical (unpaired) electrons. The van der Waals surface area contributed by atoms with Crippen LogP contribution in [0.25, 0.3) is 0 Å². The van der Waals surface area contributed by atoms with Crippen LogP contribution < -0.4 is 16.2 Å². The number of sulfonamides is 1. The number of nitrogens with two attached hydrogens (primary N) is 2. The molecule has 1 heterocycles. The van der Waals surface area contributed by atoms with Crippen molar-refractivity contribution in [1.29, 1.82) is 0 Å². The molecule has 1 aliphatic rings. The lowest BCUT2D eigenvalue weighted by Crippen LogP contribution is -2.54. The molecule has 1 saturated heterocycles. The van der Waals surface area contributed by atoms with Crippen LogP contribution in [0.3, 0.4) is 0 Å². The van der Waals surface area contributed by atoms with Crippen molar-refractivity contribution in [3.8, 4) is 0 Å². The Hall–Kier alpha value is -1.48. The molecule has 7 nitrogen and oxygen atoms in total. The summed E-state index contributed by atoms with van der Waals surface area (Å²) in [7, 11) is -3.67. The largest absolute Gasteiger partial charge is 0.379 e. The lowest BCUT2D eigenvalue weighted by atomic mass is 9.99. The Morgan fingerprint density at radius 2 is 2.00 bits per heavy atom. The summed E-state index contributed by atoms with van der Waals surface area (Å²) in [6.07, 6.45) is 1.09. The van der Waals surface area contributed by atoms with Crippen LogP contribution in [0.4, 0.5) is 0 Å². The number of rotatable bonds is 5. The van der Waals surface area contributed by atoms with E-state index in [4.69, 9.17) is 15.6 Å². The van der Waals surface area contributed by atoms with Gasteiger partial charge in [-0.1, -0.05) is 12.1 Å². The maximum absolute atomic E-state index is 11.9. The van der Waals surface area contributed by atoms with E-state index in [1.54, 1.807) is 12.1 Å². The topological polar surface area (TPSA) is 125 Å². The predicted molar refractivity (Wildman–Crippen MR) is 76.9 cm³/mol. The van der Waals surface area contributed by atoms with Crippen LogP contribution in [0.2, 0.25) is 0 Å². The molecule has 0 spiro atoms. The van der Waals surface area contributed by atoms with Gasteiger partial charge in [0.1, 0.15) is 5.54 Å². The first-order chi connectivity index (χ1) is 9.81. The average molecular weight is 313 g/mol. The highest BCUT2D eigenvalue weighted by atomic mass is 32.2. The monoisotopic (exact) mass is 313 g/mol. The highest BCUT2D eigenvalue weighted by Gasteiger charge is 2.37. The van der Waals surface area contributed by atoms with Crippen molar-refractivity contribution in [3.63, 3.8) is 0 Å². The number of amides is 1. The molecule has 1 atom stereocenters. The summed E-state index contributed by atoms with van der Waals surface area (Å²) in [6.45, 7) is 1.16. The van der Waals surface area contributed by atoms with Gasteiger partial charge in [-0.2, -0.15) is 0 Å². The van der Waals surface area contributed by atoms with E-state index in [0.717, 1.165) is 5.56 Å². The number of nitrogens with one attached hydrogen (secondary N) is 1. The van der Waals surface area contributed by atoms with E-state index < -0.39 is 15.6 Å². The number of hydrogen-bond donors (Lipinski definition) is 3. The van der Waals surface area contributed by atoms with Crippen LogP contribution in [0, 0.1) is 0 Å². The van der Waals surface area contributed by atoms with Crippen molar-refractivity contribution in [2.45, 2.75) is 23.3 Å². The molecular formula is C13H19N3O4S. The zero-order valence-electron chi connectivity index (χ0n) is 11.5. The van der Waals surface area contributed by atoms with E-state index >= 15 is 0 Å². The van der Waals surface area contributed by atoms with Gasteiger partial charge in [-0.3, -0.25) is 4.79 Å². The van der Waals surface area contributed by atoms with Crippen molar-refractivity contribution in [2.24, 2.45) is 10.9 Å². The highest BCUT2D eigenvalue weighted by Crippen LogP contribution is 2.15. The third-order valence-corrected chi connectivity index (χ3v) is 4.38.